The molecule has 1 rings (SSSR count). The van der Waals surface area contributed by atoms with Crippen LogP contribution in [0.25, 0.3) is 0 Å². The molecule has 0 saturated carbocycles. The van der Waals surface area contributed by atoms with E-state index in [1.54, 1.807) is 11.1 Å². The molecule has 0 heterocycles. The van der Waals surface area contributed by atoms with Crippen molar-refractivity contribution in [3.05, 3.63) is 34.9 Å². The van der Waals surface area contributed by atoms with Gasteiger partial charge in [-0.25, -0.2) is 0 Å². The molecule has 0 spiro atoms. The van der Waals surface area contributed by atoms with Crippen LogP contribution in [0.4, 0.5) is 0 Å². The van der Waals surface area contributed by atoms with Crippen LogP contribution in [0, 0.1) is 5.92 Å². The molecule has 0 N–H and O–H groups in total. The third-order valence-corrected chi connectivity index (χ3v) is 2.81. The summed E-state index contributed by atoms with van der Waals surface area (Å²) in [4.78, 5) is 0. The fourth-order valence-corrected chi connectivity index (χ4v) is 2.12. The molecule has 0 aliphatic carbocycles. The molecule has 0 bridgehead atoms. The van der Waals surface area contributed by atoms with E-state index in [1.807, 2.05) is 0 Å². The van der Waals surface area contributed by atoms with Crippen molar-refractivity contribution in [2.45, 2.75) is 53.4 Å². The first kappa shape index (κ1) is 12.3. The van der Waals surface area contributed by atoms with Crippen molar-refractivity contribution < 1.29 is 0 Å². The van der Waals surface area contributed by atoms with Gasteiger partial charge in [0.25, 0.3) is 0 Å². The zero-order valence-corrected chi connectivity index (χ0v) is 10.6. The number of benzene rings is 1. The van der Waals surface area contributed by atoms with Crippen molar-refractivity contribution in [1.82, 2.24) is 0 Å². The SMILES string of the molecule is CCCc1ccc(CC(C)C)cc1CC. The third-order valence-electron chi connectivity index (χ3n) is 2.81. The molecule has 0 nitrogen and oxygen atoms in total. The predicted octanol–water partition coefficient (Wildman–Crippen LogP) is 4.40. The van der Waals surface area contributed by atoms with Gasteiger partial charge in [-0.1, -0.05) is 52.3 Å². The smallest absolute Gasteiger partial charge is 0.0256 e. The lowest BCUT2D eigenvalue weighted by Gasteiger charge is -2.11. The van der Waals surface area contributed by atoms with Crippen molar-refractivity contribution in [3.8, 4) is 0 Å². The van der Waals surface area contributed by atoms with Gasteiger partial charge in [0.15, 0.2) is 0 Å². The van der Waals surface area contributed by atoms with Crippen molar-refractivity contribution in [3.63, 3.8) is 0 Å². The van der Waals surface area contributed by atoms with Crippen LogP contribution in [0.15, 0.2) is 18.2 Å². The molecule has 1 aromatic carbocycles. The quantitative estimate of drug-likeness (QED) is 0.667. The van der Waals surface area contributed by atoms with Crippen LogP contribution in [0.5, 0.6) is 0 Å². The summed E-state index contributed by atoms with van der Waals surface area (Å²) in [6.07, 6.45) is 4.85. The highest BCUT2D eigenvalue weighted by Gasteiger charge is 2.03. The molecule has 0 fully saturated rings. The average molecular weight is 204 g/mol. The highest BCUT2D eigenvalue weighted by molar-refractivity contribution is 5.32. The Kier molecular flexibility index (Phi) is 4.87. The Bertz CT molecular complexity index is 297. The van der Waals surface area contributed by atoms with Crippen LogP contribution in [0.1, 0.15) is 50.8 Å². The second-order valence-electron chi connectivity index (χ2n) is 4.80. The second-order valence-corrected chi connectivity index (χ2v) is 4.80. The minimum absolute atomic E-state index is 0.756. The Balaban J connectivity index is 2.86. The van der Waals surface area contributed by atoms with Crippen LogP contribution in [0.2, 0.25) is 0 Å². The van der Waals surface area contributed by atoms with Crippen LogP contribution in [-0.4, -0.2) is 0 Å². The molecule has 1 aromatic rings. The lowest BCUT2D eigenvalue weighted by molar-refractivity contribution is 0.646. The van der Waals surface area contributed by atoms with E-state index in [0.29, 0.717) is 0 Å². The molecule has 0 radical (unpaired) electrons. The molecule has 84 valence electrons. The van der Waals surface area contributed by atoms with E-state index in [4.69, 9.17) is 0 Å². The number of aryl methyl sites for hydroxylation is 2. The molecule has 0 aromatic heterocycles. The first-order valence-corrected chi connectivity index (χ1v) is 6.28. The van der Waals surface area contributed by atoms with Gasteiger partial charge in [-0.2, -0.15) is 0 Å². The normalized spacial score (nSPS) is 11.0. The van der Waals surface area contributed by atoms with E-state index in [1.165, 1.54) is 31.2 Å². The topological polar surface area (TPSA) is 0 Å². The Morgan fingerprint density at radius 3 is 2.33 bits per heavy atom. The summed E-state index contributed by atoms with van der Waals surface area (Å²) in [5.41, 5.74) is 4.60. The van der Waals surface area contributed by atoms with Crippen molar-refractivity contribution in [1.29, 1.82) is 0 Å². The lowest BCUT2D eigenvalue weighted by Crippen LogP contribution is -1.98. The summed E-state index contributed by atoms with van der Waals surface area (Å²) in [5, 5.41) is 0. The molecule has 0 atom stereocenters. The largest absolute Gasteiger partial charge is 0.0651 e. The molecule has 0 aliphatic rings. The Hall–Kier alpha value is -0.780. The lowest BCUT2D eigenvalue weighted by atomic mass is 9.95. The van der Waals surface area contributed by atoms with E-state index in [9.17, 15) is 0 Å². The Morgan fingerprint density at radius 2 is 1.80 bits per heavy atom. The van der Waals surface area contributed by atoms with E-state index < -0.39 is 0 Å². The first-order valence-electron chi connectivity index (χ1n) is 6.28. The van der Waals surface area contributed by atoms with E-state index >= 15 is 0 Å². The van der Waals surface area contributed by atoms with Gasteiger partial charge in [0.1, 0.15) is 0 Å². The first-order chi connectivity index (χ1) is 7.17. The zero-order chi connectivity index (χ0) is 11.3. The zero-order valence-electron chi connectivity index (χ0n) is 10.6. The number of rotatable bonds is 5. The molecular weight excluding hydrogens is 180 g/mol. The molecule has 0 unspecified atom stereocenters. The average Bonchev–Trinajstić information content (AvgIpc) is 2.20. The highest BCUT2D eigenvalue weighted by Crippen LogP contribution is 2.17. The van der Waals surface area contributed by atoms with Gasteiger partial charge in [-0.3, -0.25) is 0 Å². The van der Waals surface area contributed by atoms with Crippen LogP contribution in [-0.2, 0) is 19.3 Å². The molecule has 0 amide bonds. The summed E-state index contributed by atoms with van der Waals surface area (Å²) < 4.78 is 0. The minimum Gasteiger partial charge on any atom is -0.0651 e. The highest BCUT2D eigenvalue weighted by atomic mass is 14.1. The summed E-state index contributed by atoms with van der Waals surface area (Å²) in [6, 6.07) is 7.05. The molecular formula is C15H24. The number of hydrogen-bond acceptors (Lipinski definition) is 0. The van der Waals surface area contributed by atoms with Crippen LogP contribution >= 0.6 is 0 Å². The van der Waals surface area contributed by atoms with Gasteiger partial charge in [0.05, 0.1) is 0 Å². The fraction of sp³-hybridized carbons (Fsp3) is 0.600. The van der Waals surface area contributed by atoms with Gasteiger partial charge in [0.2, 0.25) is 0 Å². The van der Waals surface area contributed by atoms with Crippen molar-refractivity contribution in [2.24, 2.45) is 5.92 Å². The van der Waals surface area contributed by atoms with Gasteiger partial charge in [-0.15, -0.1) is 0 Å². The summed E-state index contributed by atoms with van der Waals surface area (Å²) in [6.45, 7) is 9.08. The van der Waals surface area contributed by atoms with Gasteiger partial charge in [0, 0.05) is 0 Å². The molecule has 0 aliphatic heterocycles. The number of hydrogen-bond donors (Lipinski definition) is 0. The molecule has 15 heavy (non-hydrogen) atoms. The van der Waals surface area contributed by atoms with Gasteiger partial charge < -0.3 is 0 Å². The monoisotopic (exact) mass is 204 g/mol. The predicted molar refractivity (Wildman–Crippen MR) is 68.4 cm³/mol. The third kappa shape index (κ3) is 3.70. The molecule has 0 saturated heterocycles. The maximum absolute atomic E-state index is 2.41. The second kappa shape index (κ2) is 5.95. The Labute approximate surface area is 94.7 Å². The standard InChI is InChI=1S/C15H24/c1-5-7-15-9-8-13(10-12(3)4)11-14(15)6-2/h8-9,11-12H,5-7,10H2,1-4H3. The Morgan fingerprint density at radius 1 is 1.07 bits per heavy atom. The summed E-state index contributed by atoms with van der Waals surface area (Å²) in [7, 11) is 0. The van der Waals surface area contributed by atoms with Gasteiger partial charge >= 0.3 is 0 Å². The maximum Gasteiger partial charge on any atom is -0.0256 e. The van der Waals surface area contributed by atoms with Gasteiger partial charge in [-0.05, 0) is 41.9 Å². The van der Waals surface area contributed by atoms with E-state index in [2.05, 4.69) is 45.9 Å². The van der Waals surface area contributed by atoms with Crippen molar-refractivity contribution in [2.75, 3.05) is 0 Å². The summed E-state index contributed by atoms with van der Waals surface area (Å²) >= 11 is 0. The van der Waals surface area contributed by atoms with Crippen LogP contribution < -0.4 is 0 Å². The summed E-state index contributed by atoms with van der Waals surface area (Å²) in [5.74, 6) is 0.756. The van der Waals surface area contributed by atoms with E-state index in [-0.39, 0.29) is 0 Å². The fourth-order valence-electron chi connectivity index (χ4n) is 2.12. The minimum atomic E-state index is 0.756. The maximum atomic E-state index is 2.41. The van der Waals surface area contributed by atoms with Crippen molar-refractivity contribution >= 4 is 0 Å². The van der Waals surface area contributed by atoms with Crippen LogP contribution in [0.3, 0.4) is 0 Å². The van der Waals surface area contributed by atoms with E-state index in [0.717, 1.165) is 5.92 Å². The molecule has 0 heteroatoms.